The van der Waals surface area contributed by atoms with Crippen molar-refractivity contribution in [1.29, 1.82) is 0 Å². The summed E-state index contributed by atoms with van der Waals surface area (Å²) in [4.78, 5) is 4.67. The van der Waals surface area contributed by atoms with Gasteiger partial charge >= 0.3 is 6.18 Å². The highest BCUT2D eigenvalue weighted by atomic mass is 32.2. The van der Waals surface area contributed by atoms with Gasteiger partial charge in [-0.15, -0.1) is 0 Å². The normalized spacial score (nSPS) is 12.0. The Morgan fingerprint density at radius 2 is 1.57 bits per heavy atom. The Hall–Kier alpha value is -2.52. The quantitative estimate of drug-likeness (QED) is 0.599. The van der Waals surface area contributed by atoms with Crippen LogP contribution in [0.25, 0.3) is 0 Å². The summed E-state index contributed by atoms with van der Waals surface area (Å²) in [6, 6.07) is 15.2. The summed E-state index contributed by atoms with van der Waals surface area (Å²) >= 11 is 1.18. The fourth-order valence-corrected chi connectivity index (χ4v) is 4.07. The van der Waals surface area contributed by atoms with E-state index < -0.39 is 21.8 Å². The van der Waals surface area contributed by atoms with Crippen LogP contribution in [0.3, 0.4) is 0 Å². The lowest BCUT2D eigenvalue weighted by atomic mass is 10.2. The molecule has 0 amide bonds. The van der Waals surface area contributed by atoms with Crippen molar-refractivity contribution in [1.82, 2.24) is 4.98 Å². The Bertz CT molecular complexity index is 1050. The molecule has 1 heterocycles. The van der Waals surface area contributed by atoms with Gasteiger partial charge in [-0.3, -0.25) is 4.72 Å². The van der Waals surface area contributed by atoms with Gasteiger partial charge in [0, 0.05) is 16.8 Å². The van der Waals surface area contributed by atoms with Gasteiger partial charge in [0.2, 0.25) is 0 Å². The molecule has 0 atom stereocenters. The van der Waals surface area contributed by atoms with E-state index in [1.54, 1.807) is 36.4 Å². The molecule has 0 fully saturated rings. The number of rotatable bonds is 5. The highest BCUT2D eigenvalue weighted by Gasteiger charge is 2.30. The average molecular weight is 424 g/mol. The Balaban J connectivity index is 1.69. The lowest BCUT2D eigenvalue weighted by molar-refractivity contribution is -0.137. The number of sulfonamides is 1. The number of pyridine rings is 1. The number of alkyl halides is 3. The summed E-state index contributed by atoms with van der Waals surface area (Å²) in [6.45, 7) is 1.87. The third-order valence-electron chi connectivity index (χ3n) is 3.72. The number of aryl methyl sites for hydroxylation is 1. The molecule has 0 saturated carbocycles. The first kappa shape index (κ1) is 20.2. The number of nitrogens with one attached hydrogen (secondary N) is 1. The van der Waals surface area contributed by atoms with Gasteiger partial charge in [0.15, 0.2) is 0 Å². The average Bonchev–Trinajstić information content (AvgIpc) is 2.63. The number of nitrogens with zero attached hydrogens (tertiary/aromatic N) is 1. The molecule has 0 spiro atoms. The summed E-state index contributed by atoms with van der Waals surface area (Å²) in [5.41, 5.74) is 0.528. The largest absolute Gasteiger partial charge is 0.417 e. The van der Waals surface area contributed by atoms with Crippen LogP contribution in [0.15, 0.2) is 81.7 Å². The summed E-state index contributed by atoms with van der Waals surface area (Å²) in [5, 5.41) is 0.404. The maximum Gasteiger partial charge on any atom is 0.417 e. The second kappa shape index (κ2) is 7.84. The smallest absolute Gasteiger partial charge is 0.280 e. The number of hydrogen-bond acceptors (Lipinski definition) is 4. The van der Waals surface area contributed by atoms with E-state index in [2.05, 4.69) is 9.71 Å². The monoisotopic (exact) mass is 424 g/mol. The van der Waals surface area contributed by atoms with Crippen LogP contribution in [-0.4, -0.2) is 13.4 Å². The minimum absolute atomic E-state index is 0.158. The summed E-state index contributed by atoms with van der Waals surface area (Å²) in [5.74, 6) is 0. The molecule has 4 nitrogen and oxygen atoms in total. The first-order chi connectivity index (χ1) is 13.1. The molecule has 28 heavy (non-hydrogen) atoms. The molecule has 2 aromatic carbocycles. The van der Waals surface area contributed by atoms with Gasteiger partial charge in [0.25, 0.3) is 10.0 Å². The topological polar surface area (TPSA) is 59.1 Å². The Morgan fingerprint density at radius 3 is 2.11 bits per heavy atom. The molecule has 0 aliphatic rings. The molecular formula is C19H15F3N2O2S2. The zero-order valence-corrected chi connectivity index (χ0v) is 16.2. The van der Waals surface area contributed by atoms with Crippen LogP contribution in [0.2, 0.25) is 0 Å². The van der Waals surface area contributed by atoms with Crippen molar-refractivity contribution in [2.45, 2.75) is 27.9 Å². The molecule has 146 valence electrons. The Morgan fingerprint density at radius 1 is 0.929 bits per heavy atom. The minimum atomic E-state index is -4.42. The zero-order valence-electron chi connectivity index (χ0n) is 14.6. The van der Waals surface area contributed by atoms with Gasteiger partial charge in [-0.1, -0.05) is 29.5 Å². The molecule has 9 heteroatoms. The highest BCUT2D eigenvalue weighted by Crippen LogP contribution is 2.32. The zero-order chi connectivity index (χ0) is 20.4. The molecule has 3 rings (SSSR count). The van der Waals surface area contributed by atoms with E-state index in [0.717, 1.165) is 17.8 Å². The van der Waals surface area contributed by atoms with Crippen LogP contribution in [0, 0.1) is 6.92 Å². The molecule has 0 aliphatic heterocycles. The summed E-state index contributed by atoms with van der Waals surface area (Å²) in [6.07, 6.45) is -3.64. The number of hydrogen-bond donors (Lipinski definition) is 1. The third kappa shape index (κ3) is 5.05. The molecule has 0 saturated heterocycles. The van der Waals surface area contributed by atoms with E-state index >= 15 is 0 Å². The highest BCUT2D eigenvalue weighted by molar-refractivity contribution is 7.99. The van der Waals surface area contributed by atoms with Gasteiger partial charge in [-0.2, -0.15) is 13.2 Å². The molecular weight excluding hydrogens is 409 g/mol. The Kier molecular flexibility index (Phi) is 5.66. The van der Waals surface area contributed by atoms with Crippen LogP contribution < -0.4 is 4.72 Å². The molecule has 0 radical (unpaired) electrons. The van der Waals surface area contributed by atoms with E-state index in [-0.39, 0.29) is 4.90 Å². The predicted molar refractivity (Wildman–Crippen MR) is 102 cm³/mol. The molecule has 0 bridgehead atoms. The molecule has 3 aromatic rings. The maximum absolute atomic E-state index is 12.6. The molecule has 0 aliphatic carbocycles. The van der Waals surface area contributed by atoms with Crippen LogP contribution >= 0.6 is 11.8 Å². The standard InChI is InChI=1S/C19H15F3N2O2S2/c1-13-2-9-17(10-3-13)28(25,26)24-15-5-7-16(8-6-15)27-18-11-4-14(12-23-18)19(20,21)22/h2-12,24H,1H3. The first-order valence-corrected chi connectivity index (χ1v) is 10.3. The van der Waals surface area contributed by atoms with Crippen molar-refractivity contribution in [2.24, 2.45) is 0 Å². The van der Waals surface area contributed by atoms with Gasteiger partial charge in [-0.25, -0.2) is 13.4 Å². The van der Waals surface area contributed by atoms with Gasteiger partial charge in [0.1, 0.15) is 5.03 Å². The van der Waals surface area contributed by atoms with Crippen LogP contribution in [0.1, 0.15) is 11.1 Å². The van der Waals surface area contributed by atoms with Crippen LogP contribution in [0.4, 0.5) is 18.9 Å². The van der Waals surface area contributed by atoms with Crippen molar-refractivity contribution in [3.63, 3.8) is 0 Å². The number of benzene rings is 2. The lowest BCUT2D eigenvalue weighted by Gasteiger charge is -2.09. The van der Waals surface area contributed by atoms with E-state index in [9.17, 15) is 21.6 Å². The minimum Gasteiger partial charge on any atom is -0.280 e. The van der Waals surface area contributed by atoms with Crippen molar-refractivity contribution in [3.05, 3.63) is 78.0 Å². The van der Waals surface area contributed by atoms with E-state index in [0.29, 0.717) is 15.6 Å². The maximum atomic E-state index is 12.6. The lowest BCUT2D eigenvalue weighted by Crippen LogP contribution is -2.12. The first-order valence-electron chi connectivity index (χ1n) is 8.04. The second-order valence-electron chi connectivity index (χ2n) is 5.93. The van der Waals surface area contributed by atoms with E-state index in [1.807, 2.05) is 6.92 Å². The van der Waals surface area contributed by atoms with Crippen molar-refractivity contribution in [2.75, 3.05) is 4.72 Å². The molecule has 0 unspecified atom stereocenters. The van der Waals surface area contributed by atoms with Gasteiger partial charge < -0.3 is 0 Å². The fourth-order valence-electron chi connectivity index (χ4n) is 2.25. The van der Waals surface area contributed by atoms with Crippen molar-refractivity contribution in [3.8, 4) is 0 Å². The van der Waals surface area contributed by atoms with E-state index in [1.165, 1.54) is 30.0 Å². The van der Waals surface area contributed by atoms with Crippen LogP contribution in [-0.2, 0) is 16.2 Å². The van der Waals surface area contributed by atoms with Gasteiger partial charge in [-0.05, 0) is 55.5 Å². The van der Waals surface area contributed by atoms with Crippen molar-refractivity contribution >= 4 is 27.5 Å². The van der Waals surface area contributed by atoms with Gasteiger partial charge in [0.05, 0.1) is 10.5 Å². The number of halogens is 3. The van der Waals surface area contributed by atoms with E-state index in [4.69, 9.17) is 0 Å². The Labute approximate surface area is 164 Å². The fraction of sp³-hybridized carbons (Fsp3) is 0.105. The SMILES string of the molecule is Cc1ccc(S(=O)(=O)Nc2ccc(Sc3ccc(C(F)(F)F)cn3)cc2)cc1. The number of anilines is 1. The number of aromatic nitrogens is 1. The molecule has 1 N–H and O–H groups in total. The second-order valence-corrected chi connectivity index (χ2v) is 8.70. The third-order valence-corrected chi connectivity index (χ3v) is 6.08. The van der Waals surface area contributed by atoms with Crippen molar-refractivity contribution < 1.29 is 21.6 Å². The summed E-state index contributed by atoms with van der Waals surface area (Å²) in [7, 11) is -3.70. The van der Waals surface area contributed by atoms with Crippen LogP contribution in [0.5, 0.6) is 0 Å². The predicted octanol–water partition coefficient (Wildman–Crippen LogP) is 5.36. The summed E-state index contributed by atoms with van der Waals surface area (Å²) < 4.78 is 65.0. The molecule has 1 aromatic heterocycles.